The molecular weight excluding hydrogens is 266 g/mol. The van der Waals surface area contributed by atoms with E-state index in [-0.39, 0.29) is 17.6 Å². The highest BCUT2D eigenvalue weighted by Crippen LogP contribution is 2.16. The van der Waals surface area contributed by atoms with Gasteiger partial charge in [-0.05, 0) is 18.6 Å². The van der Waals surface area contributed by atoms with Crippen LogP contribution in [0.1, 0.15) is 41.8 Å². The minimum Gasteiger partial charge on any atom is -0.318 e. The molecule has 0 aliphatic heterocycles. The summed E-state index contributed by atoms with van der Waals surface area (Å²) in [4.78, 5) is 20.0. The second kappa shape index (κ2) is 5.36. The van der Waals surface area contributed by atoms with E-state index in [4.69, 9.17) is 11.6 Å². The van der Waals surface area contributed by atoms with Crippen molar-refractivity contribution in [2.24, 2.45) is 0 Å². The van der Waals surface area contributed by atoms with Crippen LogP contribution in [0, 0.1) is 6.92 Å². The number of hydrogen-bond donors (Lipinski definition) is 2. The van der Waals surface area contributed by atoms with Gasteiger partial charge in [-0.2, -0.15) is 0 Å². The maximum atomic E-state index is 11.9. The highest BCUT2D eigenvalue weighted by molar-refractivity contribution is 6.30. The van der Waals surface area contributed by atoms with Crippen LogP contribution >= 0.6 is 11.6 Å². The van der Waals surface area contributed by atoms with Crippen LogP contribution < -0.4 is 5.32 Å². The maximum absolute atomic E-state index is 11.9. The van der Waals surface area contributed by atoms with Gasteiger partial charge in [0.15, 0.2) is 0 Å². The number of pyridine rings is 1. The summed E-state index contributed by atoms with van der Waals surface area (Å²) >= 11 is 5.82. The molecule has 2 rings (SSSR count). The van der Waals surface area contributed by atoms with Gasteiger partial charge in [-0.1, -0.05) is 25.4 Å². The highest BCUT2D eigenvalue weighted by atomic mass is 35.5. The van der Waals surface area contributed by atoms with E-state index < -0.39 is 0 Å². The van der Waals surface area contributed by atoms with E-state index >= 15 is 0 Å². The number of nitrogens with zero attached hydrogens (tertiary/aromatic N) is 3. The molecule has 6 nitrogen and oxygen atoms in total. The van der Waals surface area contributed by atoms with E-state index in [1.54, 1.807) is 6.07 Å². The van der Waals surface area contributed by atoms with Crippen LogP contribution in [0.2, 0.25) is 5.15 Å². The van der Waals surface area contributed by atoms with Crippen molar-refractivity contribution in [2.45, 2.75) is 26.7 Å². The number of aromatic nitrogens is 4. The Labute approximate surface area is 115 Å². The molecule has 0 fully saturated rings. The van der Waals surface area contributed by atoms with Crippen LogP contribution in [-0.2, 0) is 0 Å². The fourth-order valence-electron chi connectivity index (χ4n) is 1.45. The molecule has 0 aliphatic carbocycles. The minimum atomic E-state index is -0.383. The quantitative estimate of drug-likeness (QED) is 0.846. The van der Waals surface area contributed by atoms with E-state index in [0.29, 0.717) is 16.7 Å². The van der Waals surface area contributed by atoms with Crippen LogP contribution in [-0.4, -0.2) is 26.1 Å². The maximum Gasteiger partial charge on any atom is 0.295 e. The van der Waals surface area contributed by atoms with Gasteiger partial charge in [-0.3, -0.25) is 9.89 Å². The van der Waals surface area contributed by atoms with E-state index in [2.05, 4.69) is 25.5 Å². The van der Waals surface area contributed by atoms with Crippen molar-refractivity contribution in [3.63, 3.8) is 0 Å². The lowest BCUT2D eigenvalue weighted by Gasteiger charge is -2.04. The Morgan fingerprint density at radius 2 is 2.21 bits per heavy atom. The van der Waals surface area contributed by atoms with Crippen LogP contribution in [0.25, 0.3) is 0 Å². The first kappa shape index (κ1) is 13.5. The van der Waals surface area contributed by atoms with Crippen molar-refractivity contribution in [1.82, 2.24) is 20.2 Å². The topological polar surface area (TPSA) is 83.6 Å². The molecule has 2 heterocycles. The molecule has 0 radical (unpaired) electrons. The zero-order valence-electron chi connectivity index (χ0n) is 10.9. The number of anilines is 1. The Balaban J connectivity index is 2.13. The number of H-pyrrole nitrogens is 1. The van der Waals surface area contributed by atoms with Crippen LogP contribution in [0.5, 0.6) is 0 Å². The largest absolute Gasteiger partial charge is 0.318 e. The van der Waals surface area contributed by atoms with Gasteiger partial charge in [0, 0.05) is 5.92 Å². The zero-order chi connectivity index (χ0) is 14.0. The fourth-order valence-corrected chi connectivity index (χ4v) is 1.55. The van der Waals surface area contributed by atoms with Gasteiger partial charge < -0.3 is 5.32 Å². The number of aryl methyl sites for hydroxylation is 1. The van der Waals surface area contributed by atoms with Gasteiger partial charge in [-0.25, -0.2) is 9.97 Å². The predicted octanol–water partition coefficient (Wildman–Crippen LogP) is 2.54. The van der Waals surface area contributed by atoms with E-state index in [1.165, 1.54) is 6.20 Å². The lowest BCUT2D eigenvalue weighted by Crippen LogP contribution is -2.14. The molecule has 1 amide bonds. The van der Waals surface area contributed by atoms with Crippen LogP contribution in [0.4, 0.5) is 5.69 Å². The van der Waals surface area contributed by atoms with Crippen molar-refractivity contribution in [3.8, 4) is 0 Å². The number of hydrogen-bond acceptors (Lipinski definition) is 4. The lowest BCUT2D eigenvalue weighted by atomic mass is 10.2. The van der Waals surface area contributed by atoms with Gasteiger partial charge in [-0.15, -0.1) is 5.10 Å². The Hall–Kier alpha value is -1.95. The minimum absolute atomic E-state index is 0.108. The second-order valence-corrected chi connectivity index (χ2v) is 4.84. The summed E-state index contributed by atoms with van der Waals surface area (Å²) in [6.45, 7) is 5.75. The van der Waals surface area contributed by atoms with E-state index in [0.717, 1.165) is 5.56 Å². The summed E-state index contributed by atoms with van der Waals surface area (Å²) in [6, 6.07) is 1.74. The van der Waals surface area contributed by atoms with Crippen molar-refractivity contribution >= 4 is 23.2 Å². The molecule has 19 heavy (non-hydrogen) atoms. The number of halogens is 1. The molecule has 0 unspecified atom stereocenters. The first-order valence-electron chi connectivity index (χ1n) is 5.83. The summed E-state index contributed by atoms with van der Waals surface area (Å²) in [6.07, 6.45) is 1.49. The predicted molar refractivity (Wildman–Crippen MR) is 72.4 cm³/mol. The van der Waals surface area contributed by atoms with Gasteiger partial charge in [0.2, 0.25) is 5.82 Å². The third-order valence-electron chi connectivity index (χ3n) is 2.52. The molecule has 2 aromatic heterocycles. The fraction of sp³-hybridized carbons (Fsp3) is 0.333. The Morgan fingerprint density at radius 3 is 2.79 bits per heavy atom. The number of rotatable bonds is 3. The van der Waals surface area contributed by atoms with E-state index in [9.17, 15) is 4.79 Å². The van der Waals surface area contributed by atoms with E-state index in [1.807, 2.05) is 20.8 Å². The molecule has 2 aromatic rings. The molecule has 0 saturated carbocycles. The Kier molecular flexibility index (Phi) is 3.80. The average Bonchev–Trinajstić information content (AvgIpc) is 2.83. The van der Waals surface area contributed by atoms with Gasteiger partial charge in [0.25, 0.3) is 5.91 Å². The molecule has 0 bridgehead atoms. The number of carbonyl (C=O) groups is 1. The molecule has 0 saturated heterocycles. The normalized spacial score (nSPS) is 10.8. The zero-order valence-corrected chi connectivity index (χ0v) is 11.6. The number of aromatic amines is 1. The van der Waals surface area contributed by atoms with Crippen molar-refractivity contribution < 1.29 is 4.79 Å². The average molecular weight is 280 g/mol. The van der Waals surface area contributed by atoms with Crippen molar-refractivity contribution in [1.29, 1.82) is 0 Å². The number of carbonyl (C=O) groups excluding carboxylic acids is 1. The third-order valence-corrected chi connectivity index (χ3v) is 2.92. The second-order valence-electron chi connectivity index (χ2n) is 4.48. The third kappa shape index (κ3) is 3.08. The summed E-state index contributed by atoms with van der Waals surface area (Å²) < 4.78 is 0. The molecule has 2 N–H and O–H groups in total. The summed E-state index contributed by atoms with van der Waals surface area (Å²) in [5.41, 5.74) is 1.35. The SMILES string of the molecule is Cc1cc(NC(=O)c2n[nH]c(C(C)C)n2)cnc1Cl. The number of nitrogens with one attached hydrogen (secondary N) is 2. The lowest BCUT2D eigenvalue weighted by molar-refractivity contribution is 0.101. The summed E-state index contributed by atoms with van der Waals surface area (Å²) in [5.74, 6) is 0.590. The standard InChI is InChI=1S/C12H14ClN5O/c1-6(2)10-16-11(18-17-10)12(19)15-8-4-7(3)9(13)14-5-8/h4-6H,1-3H3,(H,15,19)(H,16,17,18). The van der Waals surface area contributed by atoms with Crippen molar-refractivity contribution in [2.75, 3.05) is 5.32 Å². The van der Waals surface area contributed by atoms with Gasteiger partial charge in [0.05, 0.1) is 11.9 Å². The van der Waals surface area contributed by atoms with Crippen molar-refractivity contribution in [3.05, 3.63) is 34.6 Å². The molecule has 7 heteroatoms. The smallest absolute Gasteiger partial charge is 0.295 e. The highest BCUT2D eigenvalue weighted by Gasteiger charge is 2.14. The molecular formula is C12H14ClN5O. The molecule has 0 atom stereocenters. The van der Waals surface area contributed by atoms with Crippen LogP contribution in [0.15, 0.2) is 12.3 Å². The molecule has 0 aromatic carbocycles. The molecule has 100 valence electrons. The Bertz CT molecular complexity index is 608. The van der Waals surface area contributed by atoms with Crippen LogP contribution in [0.3, 0.4) is 0 Å². The first-order valence-corrected chi connectivity index (χ1v) is 6.21. The molecule has 0 aliphatic rings. The first-order chi connectivity index (χ1) is 8.97. The van der Waals surface area contributed by atoms with Gasteiger partial charge in [0.1, 0.15) is 11.0 Å². The summed E-state index contributed by atoms with van der Waals surface area (Å²) in [5, 5.41) is 9.70. The number of amides is 1. The summed E-state index contributed by atoms with van der Waals surface area (Å²) in [7, 11) is 0. The molecule has 0 spiro atoms. The monoisotopic (exact) mass is 279 g/mol. The Morgan fingerprint density at radius 1 is 1.47 bits per heavy atom. The van der Waals surface area contributed by atoms with Gasteiger partial charge >= 0.3 is 0 Å².